The van der Waals surface area contributed by atoms with E-state index in [1.807, 2.05) is 24.5 Å². The van der Waals surface area contributed by atoms with Crippen molar-refractivity contribution < 1.29 is 0 Å². The van der Waals surface area contributed by atoms with Crippen LogP contribution in [0.3, 0.4) is 0 Å². The molecule has 0 unspecified atom stereocenters. The molecule has 0 aliphatic rings. The Bertz CT molecular complexity index is 505. The predicted molar refractivity (Wildman–Crippen MR) is 74.7 cm³/mol. The summed E-state index contributed by atoms with van der Waals surface area (Å²) in [4.78, 5) is 4.33. The van der Waals surface area contributed by atoms with Gasteiger partial charge in [-0.25, -0.2) is 4.98 Å². The van der Waals surface area contributed by atoms with E-state index < -0.39 is 0 Å². The highest BCUT2D eigenvalue weighted by Crippen LogP contribution is 2.28. The summed E-state index contributed by atoms with van der Waals surface area (Å²) in [6, 6.07) is 6.16. The lowest BCUT2D eigenvalue weighted by molar-refractivity contribution is 0.686. The van der Waals surface area contributed by atoms with Crippen LogP contribution in [0.15, 0.2) is 35.1 Å². The number of benzene rings is 1. The fraction of sp³-hybridized carbons (Fsp3) is 0.308. The maximum atomic E-state index is 4.33. The quantitative estimate of drug-likeness (QED) is 0.919. The van der Waals surface area contributed by atoms with Crippen molar-refractivity contribution in [3.63, 3.8) is 0 Å². The average molecular weight is 294 g/mol. The number of aryl methyl sites for hydroxylation is 2. The van der Waals surface area contributed by atoms with Crippen LogP contribution in [-0.4, -0.2) is 9.55 Å². The first-order valence-electron chi connectivity index (χ1n) is 5.75. The summed E-state index contributed by atoms with van der Waals surface area (Å²) in [5.74, 6) is 0.887. The van der Waals surface area contributed by atoms with Gasteiger partial charge >= 0.3 is 0 Å². The van der Waals surface area contributed by atoms with Crippen molar-refractivity contribution >= 4 is 27.6 Å². The van der Waals surface area contributed by atoms with Crippen molar-refractivity contribution in [3.8, 4) is 0 Å². The SMILES string of the molecule is CCCn1ccnc1Nc1cccc(C)c1Br. The Balaban J connectivity index is 2.25. The number of anilines is 2. The molecule has 17 heavy (non-hydrogen) atoms. The lowest BCUT2D eigenvalue weighted by atomic mass is 10.2. The van der Waals surface area contributed by atoms with Crippen LogP contribution in [0.2, 0.25) is 0 Å². The van der Waals surface area contributed by atoms with Gasteiger partial charge in [0.2, 0.25) is 5.95 Å². The minimum atomic E-state index is 0.887. The fourth-order valence-electron chi connectivity index (χ4n) is 1.72. The summed E-state index contributed by atoms with van der Waals surface area (Å²) in [6.07, 6.45) is 4.91. The van der Waals surface area contributed by atoms with Crippen molar-refractivity contribution in [3.05, 3.63) is 40.6 Å². The Morgan fingerprint density at radius 1 is 1.41 bits per heavy atom. The summed E-state index contributed by atoms with van der Waals surface area (Å²) < 4.78 is 3.21. The zero-order chi connectivity index (χ0) is 12.3. The first-order chi connectivity index (χ1) is 8.22. The molecule has 0 aliphatic carbocycles. The number of nitrogens with zero attached hydrogens (tertiary/aromatic N) is 2. The van der Waals surface area contributed by atoms with Crippen molar-refractivity contribution in [1.29, 1.82) is 0 Å². The second-order valence-electron chi connectivity index (χ2n) is 4.01. The van der Waals surface area contributed by atoms with E-state index in [0.717, 1.165) is 29.1 Å². The first-order valence-corrected chi connectivity index (χ1v) is 6.55. The molecule has 1 heterocycles. The number of rotatable bonds is 4. The maximum absolute atomic E-state index is 4.33. The van der Waals surface area contributed by atoms with Gasteiger partial charge in [-0.15, -0.1) is 0 Å². The monoisotopic (exact) mass is 293 g/mol. The van der Waals surface area contributed by atoms with E-state index in [4.69, 9.17) is 0 Å². The third-order valence-electron chi connectivity index (χ3n) is 2.62. The lowest BCUT2D eigenvalue weighted by Crippen LogP contribution is -2.03. The smallest absolute Gasteiger partial charge is 0.207 e. The van der Waals surface area contributed by atoms with Gasteiger partial charge in [-0.05, 0) is 40.9 Å². The Labute approximate surface area is 110 Å². The van der Waals surface area contributed by atoms with Crippen LogP contribution in [0.5, 0.6) is 0 Å². The van der Waals surface area contributed by atoms with Crippen molar-refractivity contribution in [2.45, 2.75) is 26.8 Å². The van der Waals surface area contributed by atoms with E-state index >= 15 is 0 Å². The van der Waals surface area contributed by atoms with Crippen LogP contribution >= 0.6 is 15.9 Å². The summed E-state index contributed by atoms with van der Waals surface area (Å²) in [5, 5.41) is 3.35. The number of aromatic nitrogens is 2. The van der Waals surface area contributed by atoms with Gasteiger partial charge in [0, 0.05) is 23.4 Å². The second kappa shape index (κ2) is 5.36. The highest BCUT2D eigenvalue weighted by molar-refractivity contribution is 9.10. The van der Waals surface area contributed by atoms with E-state index in [2.05, 4.69) is 50.7 Å². The molecule has 1 aromatic carbocycles. The molecular weight excluding hydrogens is 278 g/mol. The number of imidazole rings is 1. The normalized spacial score (nSPS) is 10.5. The van der Waals surface area contributed by atoms with Gasteiger partial charge in [0.25, 0.3) is 0 Å². The fourth-order valence-corrected chi connectivity index (χ4v) is 2.08. The Morgan fingerprint density at radius 3 is 3.00 bits per heavy atom. The van der Waals surface area contributed by atoms with Crippen LogP contribution in [0, 0.1) is 6.92 Å². The topological polar surface area (TPSA) is 29.9 Å². The molecule has 0 radical (unpaired) electrons. The molecule has 0 amide bonds. The lowest BCUT2D eigenvalue weighted by Gasteiger charge is -2.11. The number of hydrogen-bond acceptors (Lipinski definition) is 2. The van der Waals surface area contributed by atoms with Gasteiger partial charge in [-0.1, -0.05) is 19.1 Å². The molecule has 4 heteroatoms. The second-order valence-corrected chi connectivity index (χ2v) is 4.80. The maximum Gasteiger partial charge on any atom is 0.207 e. The van der Waals surface area contributed by atoms with E-state index in [9.17, 15) is 0 Å². The van der Waals surface area contributed by atoms with Crippen molar-refractivity contribution in [1.82, 2.24) is 9.55 Å². The van der Waals surface area contributed by atoms with E-state index in [0.29, 0.717) is 0 Å². The highest BCUT2D eigenvalue weighted by atomic mass is 79.9. The molecule has 1 N–H and O–H groups in total. The molecule has 0 atom stereocenters. The molecular formula is C13H16BrN3. The molecule has 3 nitrogen and oxygen atoms in total. The highest BCUT2D eigenvalue weighted by Gasteiger charge is 2.06. The Kier molecular flexibility index (Phi) is 3.84. The van der Waals surface area contributed by atoms with Crippen molar-refractivity contribution in [2.24, 2.45) is 0 Å². The van der Waals surface area contributed by atoms with Crippen LogP contribution in [-0.2, 0) is 6.54 Å². The molecule has 90 valence electrons. The third-order valence-corrected chi connectivity index (χ3v) is 3.67. The van der Waals surface area contributed by atoms with Crippen LogP contribution in [0.25, 0.3) is 0 Å². The first kappa shape index (κ1) is 12.2. The minimum absolute atomic E-state index is 0.887. The third kappa shape index (κ3) is 2.69. The Morgan fingerprint density at radius 2 is 2.24 bits per heavy atom. The largest absolute Gasteiger partial charge is 0.325 e. The van der Waals surface area contributed by atoms with Gasteiger partial charge in [-0.3, -0.25) is 0 Å². The Hall–Kier alpha value is -1.29. The predicted octanol–water partition coefficient (Wildman–Crippen LogP) is 4.11. The molecule has 0 spiro atoms. The molecule has 0 saturated carbocycles. The van der Waals surface area contributed by atoms with E-state index in [1.165, 1.54) is 5.56 Å². The summed E-state index contributed by atoms with van der Waals surface area (Å²) in [7, 11) is 0. The number of halogens is 1. The zero-order valence-corrected chi connectivity index (χ0v) is 11.7. The number of nitrogens with one attached hydrogen (secondary N) is 1. The van der Waals surface area contributed by atoms with Gasteiger partial charge in [0.1, 0.15) is 0 Å². The molecule has 0 bridgehead atoms. The molecule has 0 fully saturated rings. The summed E-state index contributed by atoms with van der Waals surface area (Å²) in [6.45, 7) is 5.21. The van der Waals surface area contributed by atoms with E-state index in [1.54, 1.807) is 0 Å². The minimum Gasteiger partial charge on any atom is -0.325 e. The van der Waals surface area contributed by atoms with Gasteiger partial charge in [-0.2, -0.15) is 0 Å². The molecule has 2 rings (SSSR count). The average Bonchev–Trinajstić information content (AvgIpc) is 2.73. The summed E-state index contributed by atoms with van der Waals surface area (Å²) in [5.41, 5.74) is 2.26. The van der Waals surface area contributed by atoms with Gasteiger partial charge < -0.3 is 9.88 Å². The standard InChI is InChI=1S/C13H16BrN3/c1-3-8-17-9-7-15-13(17)16-11-6-4-5-10(2)12(11)14/h4-7,9H,3,8H2,1-2H3,(H,15,16). The van der Waals surface area contributed by atoms with Crippen LogP contribution in [0.1, 0.15) is 18.9 Å². The molecule has 2 aromatic rings. The molecule has 0 aliphatic heterocycles. The van der Waals surface area contributed by atoms with Crippen molar-refractivity contribution in [2.75, 3.05) is 5.32 Å². The van der Waals surface area contributed by atoms with E-state index in [-0.39, 0.29) is 0 Å². The molecule has 1 aromatic heterocycles. The van der Waals surface area contributed by atoms with Gasteiger partial charge in [0.15, 0.2) is 0 Å². The number of hydrogen-bond donors (Lipinski definition) is 1. The molecule has 0 saturated heterocycles. The van der Waals surface area contributed by atoms with Gasteiger partial charge in [0.05, 0.1) is 5.69 Å². The van der Waals surface area contributed by atoms with Crippen LogP contribution < -0.4 is 5.32 Å². The summed E-state index contributed by atoms with van der Waals surface area (Å²) >= 11 is 3.59. The van der Waals surface area contributed by atoms with Crippen LogP contribution in [0.4, 0.5) is 11.6 Å². The zero-order valence-electron chi connectivity index (χ0n) is 10.1.